The van der Waals surface area contributed by atoms with E-state index in [2.05, 4.69) is 30.3 Å². The predicted molar refractivity (Wildman–Crippen MR) is 148 cm³/mol. The standard InChI is InChI=1S/C30H25NO3S2/c1-3-26-24-10-6-5-9-23(24)25-17-21(30-18-20-8-4-7-11-29(20)35-30)12-14-27(25)31(26)36(33,34)22-13-15-28(32)19(2)16-22/h4-18,26,32H,3H2,1-2H3. The Morgan fingerprint density at radius 2 is 1.67 bits per heavy atom. The first-order chi connectivity index (χ1) is 17.4. The van der Waals surface area contributed by atoms with E-state index in [0.717, 1.165) is 27.1 Å². The van der Waals surface area contributed by atoms with Gasteiger partial charge in [0.1, 0.15) is 5.75 Å². The number of anilines is 1. The zero-order chi connectivity index (χ0) is 25.0. The Hall–Kier alpha value is -3.61. The summed E-state index contributed by atoms with van der Waals surface area (Å²) in [5, 5.41) is 11.2. The Morgan fingerprint density at radius 1 is 0.889 bits per heavy atom. The van der Waals surface area contributed by atoms with E-state index in [1.54, 1.807) is 28.6 Å². The summed E-state index contributed by atoms with van der Waals surface area (Å²) in [7, 11) is -3.89. The maximum atomic E-state index is 14.1. The molecule has 36 heavy (non-hydrogen) atoms. The van der Waals surface area contributed by atoms with Gasteiger partial charge in [-0.1, -0.05) is 55.5 Å². The van der Waals surface area contributed by atoms with Crippen molar-refractivity contribution in [1.82, 2.24) is 0 Å². The SMILES string of the molecule is CCC1c2ccccc2-c2cc(-c3cc4ccccc4s3)ccc2N1S(=O)(=O)c1ccc(O)c(C)c1. The molecule has 5 aromatic rings. The molecule has 0 aliphatic carbocycles. The van der Waals surface area contributed by atoms with Crippen LogP contribution in [0.1, 0.15) is 30.5 Å². The molecule has 6 rings (SSSR count). The number of phenolic OH excluding ortho intramolecular Hbond substituents is 1. The average molecular weight is 512 g/mol. The van der Waals surface area contributed by atoms with E-state index in [1.165, 1.54) is 22.2 Å². The molecule has 1 N–H and O–H groups in total. The predicted octanol–water partition coefficient (Wildman–Crippen LogP) is 7.91. The van der Waals surface area contributed by atoms with Crippen LogP contribution in [0, 0.1) is 6.92 Å². The van der Waals surface area contributed by atoms with Crippen molar-refractivity contribution in [2.75, 3.05) is 4.31 Å². The van der Waals surface area contributed by atoms with Crippen LogP contribution in [0.3, 0.4) is 0 Å². The Balaban J connectivity index is 1.57. The lowest BCUT2D eigenvalue weighted by Gasteiger charge is -2.39. The van der Waals surface area contributed by atoms with Crippen LogP contribution in [0.25, 0.3) is 31.7 Å². The Morgan fingerprint density at radius 3 is 2.44 bits per heavy atom. The van der Waals surface area contributed by atoms with Gasteiger partial charge in [0.25, 0.3) is 10.0 Å². The quantitative estimate of drug-likeness (QED) is 0.267. The lowest BCUT2D eigenvalue weighted by Crippen LogP contribution is -2.37. The zero-order valence-electron chi connectivity index (χ0n) is 20.0. The fraction of sp³-hybridized carbons (Fsp3) is 0.133. The van der Waals surface area contributed by atoms with E-state index in [1.807, 2.05) is 49.4 Å². The van der Waals surface area contributed by atoms with Crippen LogP contribution in [0.5, 0.6) is 5.75 Å². The summed E-state index contributed by atoms with van der Waals surface area (Å²) in [4.78, 5) is 1.33. The summed E-state index contributed by atoms with van der Waals surface area (Å²) < 4.78 is 31.0. The number of hydrogen-bond acceptors (Lipinski definition) is 4. The summed E-state index contributed by atoms with van der Waals surface area (Å²) in [6, 6.07) is 28.8. The largest absolute Gasteiger partial charge is 0.508 e. The molecule has 1 atom stereocenters. The number of rotatable bonds is 4. The minimum Gasteiger partial charge on any atom is -0.508 e. The Labute approximate surface area is 215 Å². The van der Waals surface area contributed by atoms with E-state index < -0.39 is 10.0 Å². The number of fused-ring (bicyclic) bond motifs is 4. The highest BCUT2D eigenvalue weighted by atomic mass is 32.2. The third-order valence-corrected chi connectivity index (χ3v) is 9.93. The summed E-state index contributed by atoms with van der Waals surface area (Å²) in [5.74, 6) is 0.0818. The van der Waals surface area contributed by atoms with Crippen molar-refractivity contribution >= 4 is 37.1 Å². The molecule has 4 aromatic carbocycles. The lowest BCUT2D eigenvalue weighted by molar-refractivity contribution is 0.470. The first-order valence-electron chi connectivity index (χ1n) is 11.9. The van der Waals surface area contributed by atoms with Gasteiger partial charge < -0.3 is 5.11 Å². The van der Waals surface area contributed by atoms with Gasteiger partial charge in [0.15, 0.2) is 0 Å². The van der Waals surface area contributed by atoms with Crippen molar-refractivity contribution in [1.29, 1.82) is 0 Å². The summed E-state index contributed by atoms with van der Waals surface area (Å²) in [6.45, 7) is 3.73. The Kier molecular flexibility index (Phi) is 5.39. The number of phenols is 1. The number of aryl methyl sites for hydroxylation is 1. The van der Waals surface area contributed by atoms with Gasteiger partial charge in [0.2, 0.25) is 0 Å². The molecule has 0 fully saturated rings. The highest BCUT2D eigenvalue weighted by Gasteiger charge is 2.38. The van der Waals surface area contributed by atoms with Crippen molar-refractivity contribution in [2.24, 2.45) is 0 Å². The van der Waals surface area contributed by atoms with Gasteiger partial charge in [-0.25, -0.2) is 8.42 Å². The molecule has 0 radical (unpaired) electrons. The van der Waals surface area contributed by atoms with Gasteiger partial charge in [-0.05, 0) is 83.4 Å². The number of sulfonamides is 1. The first-order valence-corrected chi connectivity index (χ1v) is 14.2. The monoisotopic (exact) mass is 511 g/mol. The molecule has 0 spiro atoms. The third-order valence-electron chi connectivity index (χ3n) is 6.95. The Bertz CT molecular complexity index is 1700. The van der Waals surface area contributed by atoms with Crippen LogP contribution in [-0.2, 0) is 10.0 Å². The van der Waals surface area contributed by atoms with Crippen LogP contribution < -0.4 is 4.31 Å². The molecule has 0 bridgehead atoms. The summed E-state index contributed by atoms with van der Waals surface area (Å²) in [6.07, 6.45) is 0.630. The van der Waals surface area contributed by atoms with Crippen molar-refractivity contribution in [3.05, 3.63) is 102 Å². The normalized spacial score (nSPS) is 15.1. The summed E-state index contributed by atoms with van der Waals surface area (Å²) >= 11 is 1.74. The highest BCUT2D eigenvalue weighted by Crippen LogP contribution is 2.50. The third kappa shape index (κ3) is 3.52. The second-order valence-electron chi connectivity index (χ2n) is 9.14. The van der Waals surface area contributed by atoms with Gasteiger partial charge in [-0.3, -0.25) is 4.31 Å². The van der Waals surface area contributed by atoms with Gasteiger partial charge >= 0.3 is 0 Å². The molecule has 1 aromatic heterocycles. The zero-order valence-corrected chi connectivity index (χ0v) is 21.6. The van der Waals surface area contributed by atoms with Crippen molar-refractivity contribution in [3.63, 3.8) is 0 Å². The van der Waals surface area contributed by atoms with Gasteiger partial charge in [0, 0.05) is 15.1 Å². The number of aromatic hydroxyl groups is 1. The molecule has 1 unspecified atom stereocenters. The second kappa shape index (κ2) is 8.50. The molecular weight excluding hydrogens is 486 g/mol. The minimum absolute atomic E-state index is 0.0818. The van der Waals surface area contributed by atoms with Crippen molar-refractivity contribution in [3.8, 4) is 27.3 Å². The number of benzene rings is 4. The molecule has 180 valence electrons. The van der Waals surface area contributed by atoms with Crippen molar-refractivity contribution < 1.29 is 13.5 Å². The molecule has 0 amide bonds. The van der Waals surface area contributed by atoms with Gasteiger partial charge in [0.05, 0.1) is 16.6 Å². The molecular formula is C30H25NO3S2. The fourth-order valence-electron chi connectivity index (χ4n) is 5.13. The lowest BCUT2D eigenvalue weighted by atomic mass is 9.87. The van der Waals surface area contributed by atoms with Crippen LogP contribution in [0.4, 0.5) is 5.69 Å². The number of nitrogens with zero attached hydrogens (tertiary/aromatic N) is 1. The van der Waals surface area contributed by atoms with Crippen LogP contribution in [-0.4, -0.2) is 13.5 Å². The second-order valence-corrected chi connectivity index (χ2v) is 12.0. The molecule has 0 saturated carbocycles. The van der Waals surface area contributed by atoms with Gasteiger partial charge in [-0.15, -0.1) is 11.3 Å². The average Bonchev–Trinajstić information content (AvgIpc) is 3.33. The van der Waals surface area contributed by atoms with E-state index in [-0.39, 0.29) is 16.7 Å². The number of thiophene rings is 1. The molecule has 1 aliphatic rings. The first kappa shape index (κ1) is 22.8. The smallest absolute Gasteiger partial charge is 0.264 e. The summed E-state index contributed by atoms with van der Waals surface area (Å²) in [5.41, 5.74) is 5.25. The van der Waals surface area contributed by atoms with E-state index >= 15 is 0 Å². The van der Waals surface area contributed by atoms with Crippen LogP contribution in [0.15, 0.2) is 95.9 Å². The maximum Gasteiger partial charge on any atom is 0.264 e. The molecule has 0 saturated heterocycles. The number of hydrogen-bond donors (Lipinski definition) is 1. The molecule has 2 heterocycles. The van der Waals surface area contributed by atoms with Crippen molar-refractivity contribution in [2.45, 2.75) is 31.2 Å². The molecule has 6 heteroatoms. The van der Waals surface area contributed by atoms with Crippen LogP contribution >= 0.6 is 11.3 Å². The highest BCUT2D eigenvalue weighted by molar-refractivity contribution is 7.92. The van der Waals surface area contributed by atoms with E-state index in [0.29, 0.717) is 17.7 Å². The minimum atomic E-state index is -3.89. The fourth-order valence-corrected chi connectivity index (χ4v) is 8.00. The topological polar surface area (TPSA) is 57.6 Å². The molecule has 4 nitrogen and oxygen atoms in total. The van der Waals surface area contributed by atoms with E-state index in [9.17, 15) is 13.5 Å². The van der Waals surface area contributed by atoms with E-state index in [4.69, 9.17) is 0 Å². The van der Waals surface area contributed by atoms with Gasteiger partial charge in [-0.2, -0.15) is 0 Å². The van der Waals surface area contributed by atoms with Crippen LogP contribution in [0.2, 0.25) is 0 Å². The molecule has 1 aliphatic heterocycles. The maximum absolute atomic E-state index is 14.1.